The average Bonchev–Trinajstić information content (AvgIpc) is 2.71. The molecule has 0 fully saturated rings. The van der Waals surface area contributed by atoms with Crippen LogP contribution in [0.15, 0.2) is 65.7 Å². The monoisotopic (exact) mass is 383 g/mol. The van der Waals surface area contributed by atoms with Crippen molar-refractivity contribution in [2.45, 2.75) is 4.90 Å². The highest BCUT2D eigenvalue weighted by molar-refractivity contribution is 8.13. The third-order valence-electron chi connectivity index (χ3n) is 3.65. The van der Waals surface area contributed by atoms with Crippen LogP contribution < -0.4 is 15.5 Å². The number of nitrogens with zero attached hydrogens (tertiary/aromatic N) is 1. The molecule has 27 heavy (non-hydrogen) atoms. The Kier molecular flexibility index (Phi) is 6.24. The van der Waals surface area contributed by atoms with E-state index in [1.807, 2.05) is 24.3 Å². The summed E-state index contributed by atoms with van der Waals surface area (Å²) in [6.45, 7) is 0.625. The van der Waals surface area contributed by atoms with E-state index in [9.17, 15) is 9.59 Å². The molecule has 3 aromatic rings. The Balaban J connectivity index is 1.46. The van der Waals surface area contributed by atoms with E-state index in [2.05, 4.69) is 10.3 Å². The molecule has 0 saturated carbocycles. The highest BCUT2D eigenvalue weighted by Crippen LogP contribution is 2.21. The standard InChI is InChI=1S/C19H17N3O4S/c23-18(17-11-13-3-1-2-4-14(13)12-21-17)20-9-10-26-15-5-7-16(8-6-15)27-19(24)22-25/h1-8,11-12,25H,9-10H2,(H,20,23)(H,22,24). The lowest BCUT2D eigenvalue weighted by molar-refractivity contribution is 0.0942. The van der Waals surface area contributed by atoms with E-state index in [0.29, 0.717) is 29.5 Å². The van der Waals surface area contributed by atoms with Crippen LogP contribution in [0.4, 0.5) is 4.79 Å². The minimum Gasteiger partial charge on any atom is -0.492 e. The maximum absolute atomic E-state index is 12.2. The molecule has 1 heterocycles. The Bertz CT molecular complexity index is 947. The summed E-state index contributed by atoms with van der Waals surface area (Å²) in [4.78, 5) is 28.1. The first-order chi connectivity index (χ1) is 13.2. The highest BCUT2D eigenvalue weighted by atomic mass is 32.2. The third-order valence-corrected chi connectivity index (χ3v) is 4.43. The minimum atomic E-state index is -0.561. The van der Waals surface area contributed by atoms with Crippen LogP contribution >= 0.6 is 11.8 Å². The van der Waals surface area contributed by atoms with Crippen LogP contribution in [0.5, 0.6) is 5.75 Å². The summed E-state index contributed by atoms with van der Waals surface area (Å²) in [5.74, 6) is 0.355. The van der Waals surface area contributed by atoms with E-state index in [0.717, 1.165) is 22.5 Å². The average molecular weight is 383 g/mol. The molecule has 3 N–H and O–H groups in total. The maximum Gasteiger partial charge on any atom is 0.307 e. The van der Waals surface area contributed by atoms with Gasteiger partial charge in [-0.05, 0) is 47.5 Å². The summed E-state index contributed by atoms with van der Waals surface area (Å²) >= 11 is 0.863. The number of pyridine rings is 1. The zero-order chi connectivity index (χ0) is 19.1. The van der Waals surface area contributed by atoms with Crippen LogP contribution in [-0.2, 0) is 0 Å². The molecule has 0 aliphatic heterocycles. The Morgan fingerprint density at radius 1 is 1.07 bits per heavy atom. The van der Waals surface area contributed by atoms with Crippen molar-refractivity contribution < 1.29 is 19.5 Å². The van der Waals surface area contributed by atoms with E-state index in [1.165, 1.54) is 0 Å². The molecule has 138 valence electrons. The van der Waals surface area contributed by atoms with Gasteiger partial charge in [-0.15, -0.1) is 0 Å². The Morgan fingerprint density at radius 2 is 1.81 bits per heavy atom. The fourth-order valence-electron chi connectivity index (χ4n) is 2.37. The summed E-state index contributed by atoms with van der Waals surface area (Å²) in [5.41, 5.74) is 1.91. The molecule has 0 atom stereocenters. The molecule has 2 amide bonds. The normalized spacial score (nSPS) is 10.4. The molecule has 7 nitrogen and oxygen atoms in total. The molecule has 0 saturated heterocycles. The minimum absolute atomic E-state index is 0.258. The zero-order valence-electron chi connectivity index (χ0n) is 14.2. The van der Waals surface area contributed by atoms with Gasteiger partial charge in [-0.3, -0.25) is 19.8 Å². The molecule has 0 unspecified atom stereocenters. The van der Waals surface area contributed by atoms with Crippen LogP contribution in [-0.4, -0.2) is 34.5 Å². The summed E-state index contributed by atoms with van der Waals surface area (Å²) in [5, 5.41) is 12.6. The van der Waals surface area contributed by atoms with E-state index >= 15 is 0 Å². The summed E-state index contributed by atoms with van der Waals surface area (Å²) in [6, 6.07) is 16.3. The first-order valence-electron chi connectivity index (χ1n) is 8.13. The van der Waals surface area contributed by atoms with Crippen LogP contribution in [0, 0.1) is 0 Å². The zero-order valence-corrected chi connectivity index (χ0v) is 15.0. The second-order valence-electron chi connectivity index (χ2n) is 5.49. The number of nitrogens with one attached hydrogen (secondary N) is 2. The molecule has 0 aliphatic carbocycles. The van der Waals surface area contributed by atoms with E-state index in [-0.39, 0.29) is 5.91 Å². The number of ether oxygens (including phenoxy) is 1. The summed E-state index contributed by atoms with van der Waals surface area (Å²) in [6.07, 6.45) is 1.68. The third kappa shape index (κ3) is 5.19. The second kappa shape index (κ2) is 9.02. The maximum atomic E-state index is 12.2. The molecular weight excluding hydrogens is 366 g/mol. The van der Waals surface area contributed by atoms with Gasteiger partial charge in [-0.25, -0.2) is 5.48 Å². The largest absolute Gasteiger partial charge is 0.492 e. The smallest absolute Gasteiger partial charge is 0.307 e. The molecule has 1 aromatic heterocycles. The molecule has 3 rings (SSSR count). The lowest BCUT2D eigenvalue weighted by Crippen LogP contribution is -2.28. The van der Waals surface area contributed by atoms with Crippen LogP contribution in [0.3, 0.4) is 0 Å². The number of carbonyl (C=O) groups excluding carboxylic acids is 2. The number of hydroxylamine groups is 1. The van der Waals surface area contributed by atoms with Crippen molar-refractivity contribution in [2.75, 3.05) is 13.2 Å². The number of benzene rings is 2. The van der Waals surface area contributed by atoms with Crippen molar-refractivity contribution in [3.05, 3.63) is 66.5 Å². The molecule has 0 spiro atoms. The van der Waals surface area contributed by atoms with Crippen molar-refractivity contribution in [1.82, 2.24) is 15.8 Å². The van der Waals surface area contributed by atoms with Gasteiger partial charge in [0.15, 0.2) is 0 Å². The number of thioether (sulfide) groups is 1. The molecule has 2 aromatic carbocycles. The fourth-order valence-corrected chi connectivity index (χ4v) is 2.90. The van der Waals surface area contributed by atoms with Crippen LogP contribution in [0.2, 0.25) is 0 Å². The Hall–Kier alpha value is -3.10. The quantitative estimate of drug-likeness (QED) is 0.261. The van der Waals surface area contributed by atoms with Gasteiger partial charge < -0.3 is 10.1 Å². The molecule has 0 bridgehead atoms. The second-order valence-corrected chi connectivity index (χ2v) is 6.54. The number of aromatic nitrogens is 1. The van der Waals surface area contributed by atoms with Gasteiger partial charge in [0.05, 0.1) is 6.54 Å². The predicted molar refractivity (Wildman–Crippen MR) is 102 cm³/mol. The van der Waals surface area contributed by atoms with Crippen molar-refractivity contribution in [3.8, 4) is 5.75 Å². The number of fused-ring (bicyclic) bond motifs is 1. The SMILES string of the molecule is O=C(NO)Sc1ccc(OCCNC(=O)c2cc3ccccc3cn2)cc1. The number of hydrogen-bond donors (Lipinski definition) is 3. The van der Waals surface area contributed by atoms with E-state index in [4.69, 9.17) is 9.94 Å². The fraction of sp³-hybridized carbons (Fsp3) is 0.105. The first-order valence-corrected chi connectivity index (χ1v) is 8.95. The first kappa shape index (κ1) is 18.7. The van der Waals surface area contributed by atoms with Gasteiger partial charge in [-0.2, -0.15) is 0 Å². The van der Waals surface area contributed by atoms with Gasteiger partial charge >= 0.3 is 5.24 Å². The number of hydrogen-bond acceptors (Lipinski definition) is 6. The lowest BCUT2D eigenvalue weighted by atomic mass is 10.1. The van der Waals surface area contributed by atoms with Crippen molar-refractivity contribution in [3.63, 3.8) is 0 Å². The highest BCUT2D eigenvalue weighted by Gasteiger charge is 2.08. The van der Waals surface area contributed by atoms with Gasteiger partial charge in [0.2, 0.25) is 0 Å². The Morgan fingerprint density at radius 3 is 2.56 bits per heavy atom. The van der Waals surface area contributed by atoms with Crippen LogP contribution in [0.25, 0.3) is 10.8 Å². The van der Waals surface area contributed by atoms with E-state index < -0.39 is 5.24 Å². The predicted octanol–water partition coefficient (Wildman–Crippen LogP) is 3.23. The summed E-state index contributed by atoms with van der Waals surface area (Å²) < 4.78 is 5.55. The number of carbonyl (C=O) groups is 2. The molecular formula is C19H17N3O4S. The van der Waals surface area contributed by atoms with Gasteiger partial charge in [0.25, 0.3) is 5.91 Å². The molecule has 8 heteroatoms. The molecule has 0 aliphatic rings. The molecule has 0 radical (unpaired) electrons. The summed E-state index contributed by atoms with van der Waals surface area (Å²) in [7, 11) is 0. The number of rotatable bonds is 6. The van der Waals surface area contributed by atoms with Gasteiger partial charge in [-0.1, -0.05) is 24.3 Å². The van der Waals surface area contributed by atoms with Crippen LogP contribution in [0.1, 0.15) is 10.5 Å². The van der Waals surface area contributed by atoms with Crippen molar-refractivity contribution in [2.24, 2.45) is 0 Å². The van der Waals surface area contributed by atoms with Gasteiger partial charge in [0.1, 0.15) is 18.1 Å². The lowest BCUT2D eigenvalue weighted by Gasteiger charge is -2.08. The van der Waals surface area contributed by atoms with E-state index in [1.54, 1.807) is 42.0 Å². The number of amides is 2. The van der Waals surface area contributed by atoms with Crippen molar-refractivity contribution in [1.29, 1.82) is 0 Å². The topological polar surface area (TPSA) is 101 Å². The Labute approximate surface area is 159 Å². The van der Waals surface area contributed by atoms with Crippen molar-refractivity contribution >= 4 is 33.7 Å². The van der Waals surface area contributed by atoms with Gasteiger partial charge in [0, 0.05) is 16.5 Å².